The van der Waals surface area contributed by atoms with Gasteiger partial charge in [0.1, 0.15) is 0 Å². The number of aromatic nitrogens is 4. The molecule has 2 aliphatic heterocycles. The number of fused-ring (bicyclic) bond motifs is 8. The molecule has 0 fully saturated rings. The first-order valence-electron chi connectivity index (χ1n) is 17.7. The number of hydrogen-bond donors (Lipinski definition) is 2. The van der Waals surface area contributed by atoms with Crippen molar-refractivity contribution >= 4 is 92.8 Å². The van der Waals surface area contributed by atoms with Crippen molar-refractivity contribution < 1.29 is 43.9 Å². The van der Waals surface area contributed by atoms with Gasteiger partial charge < -0.3 is 9.97 Å². The molecule has 9 rings (SSSR count). The van der Waals surface area contributed by atoms with Crippen LogP contribution in [0.2, 0.25) is 20.1 Å². The predicted molar refractivity (Wildman–Crippen MR) is 220 cm³/mol. The average molecular weight is 932 g/mol. The van der Waals surface area contributed by atoms with E-state index >= 15 is 17.6 Å². The predicted octanol–water partition coefficient (Wildman–Crippen LogP) is 15.3. The first kappa shape index (κ1) is 41.3. The molecule has 0 aliphatic carbocycles. The highest BCUT2D eigenvalue weighted by molar-refractivity contribution is 6.40. The number of aromatic amines is 2. The van der Waals surface area contributed by atoms with Crippen LogP contribution in [-0.4, -0.2) is 19.9 Å². The van der Waals surface area contributed by atoms with Crippen molar-refractivity contribution in [3.8, 4) is 44.5 Å². The van der Waals surface area contributed by atoms with Crippen molar-refractivity contribution in [2.75, 3.05) is 0 Å². The van der Waals surface area contributed by atoms with Gasteiger partial charge in [0, 0.05) is 55.4 Å². The van der Waals surface area contributed by atoms with E-state index in [1.165, 1.54) is 60.7 Å². The third kappa shape index (κ3) is 6.38. The molecule has 0 unspecified atom stereocenters. The number of rotatable bonds is 4. The number of nitrogens with zero attached hydrogens (tertiary/aromatic N) is 2. The second-order valence-corrected chi connectivity index (χ2v) is 15.2. The zero-order chi connectivity index (χ0) is 44.0. The maximum absolute atomic E-state index is 15.9. The Morgan fingerprint density at radius 1 is 0.290 bits per heavy atom. The molecule has 3 aromatic heterocycles. The lowest BCUT2D eigenvalue weighted by Crippen LogP contribution is -2.05. The Labute approximate surface area is 361 Å². The van der Waals surface area contributed by atoms with Crippen LogP contribution in [0.3, 0.4) is 0 Å². The maximum atomic E-state index is 15.9. The highest BCUT2D eigenvalue weighted by atomic mass is 35.5. The van der Waals surface area contributed by atoms with E-state index in [-0.39, 0.29) is 75.8 Å². The molecule has 8 bridgehead atoms. The number of halogens is 14. The summed E-state index contributed by atoms with van der Waals surface area (Å²) in [5, 5.41) is 0.435. The first-order valence-corrected chi connectivity index (χ1v) is 19.2. The Hall–Kier alpha value is -6.06. The molecule has 0 atom stereocenters. The first-order chi connectivity index (χ1) is 29.6. The van der Waals surface area contributed by atoms with Gasteiger partial charge in [-0.2, -0.15) is 0 Å². The molecule has 5 heterocycles. The van der Waals surface area contributed by atoms with Crippen LogP contribution >= 0.6 is 46.4 Å². The third-order valence-corrected chi connectivity index (χ3v) is 11.4. The van der Waals surface area contributed by atoms with Crippen molar-refractivity contribution in [2.45, 2.75) is 0 Å². The van der Waals surface area contributed by atoms with E-state index in [1.54, 1.807) is 12.1 Å². The fourth-order valence-corrected chi connectivity index (χ4v) is 8.55. The quantitative estimate of drug-likeness (QED) is 0.105. The summed E-state index contributed by atoms with van der Waals surface area (Å²) in [5.41, 5.74) is -5.20. The van der Waals surface area contributed by atoms with E-state index in [9.17, 15) is 26.3 Å². The van der Waals surface area contributed by atoms with Crippen molar-refractivity contribution in [2.24, 2.45) is 0 Å². The summed E-state index contributed by atoms with van der Waals surface area (Å²) in [6.07, 6.45) is 5.03. The van der Waals surface area contributed by atoms with Crippen molar-refractivity contribution in [3.63, 3.8) is 0 Å². The molecule has 2 N–H and O–H groups in total. The highest BCUT2D eigenvalue weighted by Crippen LogP contribution is 2.45. The van der Waals surface area contributed by atoms with Crippen LogP contribution in [0.15, 0.2) is 60.7 Å². The lowest BCUT2D eigenvalue weighted by atomic mass is 10.0. The normalized spacial score (nSPS) is 12.2. The van der Waals surface area contributed by atoms with Crippen molar-refractivity contribution in [1.29, 1.82) is 0 Å². The molecule has 0 amide bonds. The van der Waals surface area contributed by atoms with Gasteiger partial charge in [0.25, 0.3) is 0 Å². The van der Waals surface area contributed by atoms with E-state index in [0.29, 0.717) is 0 Å². The topological polar surface area (TPSA) is 57.4 Å². The van der Waals surface area contributed by atoms with Crippen LogP contribution in [0.5, 0.6) is 0 Å². The lowest BCUT2D eigenvalue weighted by Gasteiger charge is -2.11. The largest absolute Gasteiger partial charge is 0.354 e. The summed E-state index contributed by atoms with van der Waals surface area (Å²) in [4.78, 5) is 15.0. The van der Waals surface area contributed by atoms with Crippen LogP contribution < -0.4 is 0 Å². The van der Waals surface area contributed by atoms with Gasteiger partial charge in [0.05, 0.1) is 54.0 Å². The number of nitrogens with one attached hydrogen (secondary N) is 2. The molecule has 0 saturated heterocycles. The van der Waals surface area contributed by atoms with Crippen molar-refractivity contribution in [1.82, 2.24) is 19.9 Å². The monoisotopic (exact) mass is 930 g/mol. The Balaban J connectivity index is 1.57. The molecule has 18 heteroatoms. The van der Waals surface area contributed by atoms with E-state index in [2.05, 4.69) is 15.0 Å². The molecule has 62 heavy (non-hydrogen) atoms. The molecule has 2 aliphatic rings. The molecule has 4 nitrogen and oxygen atoms in total. The minimum atomic E-state index is -2.47. The van der Waals surface area contributed by atoms with Gasteiger partial charge in [-0.15, -0.1) is 0 Å². The zero-order valence-corrected chi connectivity index (χ0v) is 33.3. The number of benzene rings is 4. The third-order valence-electron chi connectivity index (χ3n) is 10.1. The average Bonchev–Trinajstić information content (AvgIpc) is 4.10. The minimum absolute atomic E-state index is 0.0769. The van der Waals surface area contributed by atoms with Crippen LogP contribution in [-0.2, 0) is 0 Å². The standard InChI is InChI=1S/C44H16Cl4F10N4/c45-15-3-1-4-16(46)27(15)29-19-7-8-20(59-19)30(28-17(47)5-2-6-18(28)48)22-10-12-24(61-22)32(34-37(51)41(55)44(58)42(56)38(34)52)26-14-13-25(62-26)31(23-11-9-21(29)60-23)33-35(49)39(53)43(57)40(54)36(33)50/h1-14,60-61H. The minimum Gasteiger partial charge on any atom is -0.354 e. The number of hydrogen-bond acceptors (Lipinski definition) is 2. The fraction of sp³-hybridized carbons (Fsp3) is 0. The Bertz CT molecular complexity index is 3060. The van der Waals surface area contributed by atoms with E-state index in [4.69, 9.17) is 51.4 Å². The summed E-state index contributed by atoms with van der Waals surface area (Å²) in [6, 6.07) is 14.3. The molecule has 310 valence electrons. The summed E-state index contributed by atoms with van der Waals surface area (Å²) < 4.78 is 152. The lowest BCUT2D eigenvalue weighted by molar-refractivity contribution is 0.381. The van der Waals surface area contributed by atoms with E-state index in [0.717, 1.165) is 12.2 Å². The molecule has 4 aromatic carbocycles. The Morgan fingerprint density at radius 2 is 0.516 bits per heavy atom. The van der Waals surface area contributed by atoms with Gasteiger partial charge in [-0.3, -0.25) is 0 Å². The Kier molecular flexibility index (Phi) is 10.2. The molecule has 0 radical (unpaired) electrons. The van der Waals surface area contributed by atoms with Crippen molar-refractivity contribution in [3.05, 3.63) is 162 Å². The van der Waals surface area contributed by atoms with E-state index in [1.807, 2.05) is 0 Å². The van der Waals surface area contributed by atoms with Crippen LogP contribution in [0.1, 0.15) is 22.8 Å². The van der Waals surface area contributed by atoms with Gasteiger partial charge in [-0.25, -0.2) is 53.9 Å². The molecular formula is C44H16Cl4F10N4. The summed E-state index contributed by atoms with van der Waals surface area (Å²) >= 11 is 27.0. The van der Waals surface area contributed by atoms with E-state index < -0.39 is 91.8 Å². The fourth-order valence-electron chi connectivity index (χ4n) is 7.38. The van der Waals surface area contributed by atoms with Gasteiger partial charge in [-0.05, 0) is 72.8 Å². The Morgan fingerprint density at radius 3 is 0.774 bits per heavy atom. The highest BCUT2D eigenvalue weighted by Gasteiger charge is 2.32. The zero-order valence-electron chi connectivity index (χ0n) is 30.3. The SMILES string of the molecule is Fc1c(F)c(F)c(-c2c3nc(c(-c4c(F)c(F)c(F)c(F)c4F)c4ccc([nH]4)c(-c4c(Cl)cccc4Cl)c4nc(c(-c5c(Cl)cccc5Cl)c5ccc2[nH]5)C=C4)C=C3)c(F)c1F. The van der Waals surface area contributed by atoms with Crippen LogP contribution in [0.25, 0.3) is 90.9 Å². The van der Waals surface area contributed by atoms with Gasteiger partial charge >= 0.3 is 0 Å². The van der Waals surface area contributed by atoms with Crippen LogP contribution in [0.4, 0.5) is 43.9 Å². The maximum Gasteiger partial charge on any atom is 0.200 e. The summed E-state index contributed by atoms with van der Waals surface area (Å²) in [7, 11) is 0. The second-order valence-electron chi connectivity index (χ2n) is 13.6. The molecule has 0 spiro atoms. The summed E-state index contributed by atoms with van der Waals surface area (Å²) in [6.45, 7) is 0. The van der Waals surface area contributed by atoms with Gasteiger partial charge in [-0.1, -0.05) is 58.5 Å². The molecule has 7 aromatic rings. The van der Waals surface area contributed by atoms with Gasteiger partial charge in [0.15, 0.2) is 46.5 Å². The summed E-state index contributed by atoms with van der Waals surface area (Å²) in [5.74, 6) is -23.4. The van der Waals surface area contributed by atoms with Gasteiger partial charge in [0.2, 0.25) is 11.6 Å². The molecule has 0 saturated carbocycles. The second kappa shape index (κ2) is 15.4. The number of H-pyrrole nitrogens is 2. The smallest absolute Gasteiger partial charge is 0.200 e. The van der Waals surface area contributed by atoms with Crippen LogP contribution in [0, 0.1) is 58.2 Å². The molecular weight excluding hydrogens is 916 g/mol.